The van der Waals surface area contributed by atoms with Crippen LogP contribution in [0, 0.1) is 5.92 Å². The van der Waals surface area contributed by atoms with E-state index in [9.17, 15) is 21.6 Å². The van der Waals surface area contributed by atoms with E-state index in [2.05, 4.69) is 18.5 Å². The third kappa shape index (κ3) is 11.6. The van der Waals surface area contributed by atoms with Gasteiger partial charge in [0.1, 0.15) is 0 Å². The average Bonchev–Trinajstić information content (AvgIpc) is 2.23. The van der Waals surface area contributed by atoms with E-state index in [1.807, 2.05) is 0 Å². The van der Waals surface area contributed by atoms with Gasteiger partial charge in [0.25, 0.3) is 20.2 Å². The third-order valence-corrected chi connectivity index (χ3v) is 3.33. The second kappa shape index (κ2) is 8.04. The Morgan fingerprint density at radius 3 is 1.68 bits per heavy atom. The van der Waals surface area contributed by atoms with Gasteiger partial charge in [0.2, 0.25) is 5.91 Å². The fourth-order valence-electron chi connectivity index (χ4n) is 0.784. The number of carbonyl (C=O) groups is 1. The van der Waals surface area contributed by atoms with Crippen molar-refractivity contribution in [3.05, 3.63) is 24.6 Å². The Labute approximate surface area is 112 Å². The summed E-state index contributed by atoms with van der Waals surface area (Å²) in [5, 5.41) is 1.30. The first kappa shape index (κ1) is 20.1. The number of carbonyl (C=O) groups excluding carboxylic acids is 1. The van der Waals surface area contributed by atoms with Crippen LogP contribution in [0.5, 0.6) is 0 Å². The minimum absolute atomic E-state index is 0.404. The van der Waals surface area contributed by atoms with Gasteiger partial charge in [-0.2, -0.15) is 16.8 Å². The van der Waals surface area contributed by atoms with E-state index in [-0.39, 0.29) is 0 Å². The molecule has 19 heavy (non-hydrogen) atoms. The summed E-state index contributed by atoms with van der Waals surface area (Å²) in [5.74, 6) is -1.03. The summed E-state index contributed by atoms with van der Waals surface area (Å²) in [6, 6.07) is 0. The lowest BCUT2D eigenvalue weighted by atomic mass is 10.2. The van der Waals surface area contributed by atoms with Crippen LogP contribution in [0.3, 0.4) is 0 Å². The molecule has 0 radical (unpaired) electrons. The molecule has 112 valence electrons. The molecule has 0 fully saturated rings. The molecule has 1 unspecified atom stereocenters. The second-order valence-electron chi connectivity index (χ2n) is 3.57. The molecule has 0 spiro atoms. The van der Waals surface area contributed by atoms with Gasteiger partial charge in [0.05, 0.1) is 5.41 Å². The molecule has 0 rings (SSSR count). The predicted octanol–water partition coefficient (Wildman–Crippen LogP) is 0.176. The lowest BCUT2D eigenvalue weighted by molar-refractivity contribution is -0.116. The van der Waals surface area contributed by atoms with Crippen molar-refractivity contribution in [1.29, 1.82) is 0 Å². The molecule has 0 saturated carbocycles. The SMILES string of the molecule is C=CC(=O)NC(C(C)C)S(=O)(=O)O.C=CS(=O)(=O)O. The Bertz CT molecular complexity index is 507. The van der Waals surface area contributed by atoms with Gasteiger partial charge in [-0.05, 0) is 12.0 Å². The Morgan fingerprint density at radius 1 is 1.16 bits per heavy atom. The Balaban J connectivity index is 0. The number of hydrogen-bond acceptors (Lipinski definition) is 5. The largest absolute Gasteiger partial charge is 0.334 e. The quantitative estimate of drug-likeness (QED) is 0.486. The van der Waals surface area contributed by atoms with Gasteiger partial charge in [-0.25, -0.2) is 0 Å². The maximum absolute atomic E-state index is 10.8. The molecule has 0 aliphatic rings. The van der Waals surface area contributed by atoms with Crippen molar-refractivity contribution in [2.45, 2.75) is 19.2 Å². The Morgan fingerprint density at radius 2 is 1.53 bits per heavy atom. The maximum Gasteiger partial charge on any atom is 0.287 e. The van der Waals surface area contributed by atoms with E-state index in [0.29, 0.717) is 5.41 Å². The van der Waals surface area contributed by atoms with Crippen molar-refractivity contribution < 1.29 is 30.7 Å². The molecule has 8 nitrogen and oxygen atoms in total. The van der Waals surface area contributed by atoms with Crippen molar-refractivity contribution in [2.75, 3.05) is 0 Å². The molecule has 1 amide bonds. The minimum Gasteiger partial charge on any atom is -0.334 e. The molecule has 0 saturated heterocycles. The highest BCUT2D eigenvalue weighted by molar-refractivity contribution is 7.88. The van der Waals surface area contributed by atoms with Gasteiger partial charge in [0.15, 0.2) is 5.37 Å². The maximum atomic E-state index is 10.8. The summed E-state index contributed by atoms with van der Waals surface area (Å²) in [6.07, 6.45) is 0.945. The number of hydrogen-bond donors (Lipinski definition) is 3. The zero-order valence-electron chi connectivity index (χ0n) is 10.5. The standard InChI is InChI=1S/C7H13NO4S.C2H4O3S/c1-4-6(9)8-7(5(2)3)13(10,11)12;1-2-6(3,4)5/h4-5,7H,1H2,2-3H3,(H,8,9)(H,10,11,12);2H,1H2,(H,3,4,5). The fourth-order valence-corrected chi connectivity index (χ4v) is 1.74. The van der Waals surface area contributed by atoms with Crippen LogP contribution in [-0.4, -0.2) is 37.2 Å². The summed E-state index contributed by atoms with van der Waals surface area (Å²) < 4.78 is 56.7. The first-order chi connectivity index (χ1) is 8.35. The lowest BCUT2D eigenvalue weighted by Crippen LogP contribution is -2.43. The van der Waals surface area contributed by atoms with Crippen molar-refractivity contribution >= 4 is 26.1 Å². The Kier molecular flexibility index (Phi) is 8.51. The van der Waals surface area contributed by atoms with Crippen LogP contribution in [-0.2, 0) is 25.0 Å². The van der Waals surface area contributed by atoms with Crippen LogP contribution >= 0.6 is 0 Å². The molecule has 0 bridgehead atoms. The Hall–Kier alpha value is -1.23. The second-order valence-corrected chi connectivity index (χ2v) is 6.48. The molecule has 0 aromatic rings. The highest BCUT2D eigenvalue weighted by Gasteiger charge is 2.27. The summed E-state index contributed by atoms with van der Waals surface area (Å²) in [7, 11) is -8.15. The minimum atomic E-state index is -4.25. The molecular formula is C9H17NO7S2. The molecule has 0 aliphatic carbocycles. The van der Waals surface area contributed by atoms with Crippen molar-refractivity contribution in [3.63, 3.8) is 0 Å². The predicted molar refractivity (Wildman–Crippen MR) is 70.3 cm³/mol. The number of amides is 1. The van der Waals surface area contributed by atoms with E-state index in [4.69, 9.17) is 9.11 Å². The number of nitrogens with one attached hydrogen (secondary N) is 1. The summed E-state index contributed by atoms with van der Waals surface area (Å²) >= 11 is 0. The zero-order valence-corrected chi connectivity index (χ0v) is 12.1. The van der Waals surface area contributed by atoms with Gasteiger partial charge in [-0.15, -0.1) is 0 Å². The van der Waals surface area contributed by atoms with Gasteiger partial charge < -0.3 is 5.32 Å². The molecule has 0 aromatic carbocycles. The summed E-state index contributed by atoms with van der Waals surface area (Å²) in [4.78, 5) is 10.8. The van der Waals surface area contributed by atoms with Crippen LogP contribution in [0.15, 0.2) is 24.6 Å². The molecule has 0 heterocycles. The van der Waals surface area contributed by atoms with Crippen LogP contribution in [0.25, 0.3) is 0 Å². The third-order valence-electron chi connectivity index (χ3n) is 1.61. The summed E-state index contributed by atoms with van der Waals surface area (Å²) in [6.45, 7) is 9.10. The highest BCUT2D eigenvalue weighted by atomic mass is 32.2. The summed E-state index contributed by atoms with van der Waals surface area (Å²) in [5.41, 5.74) is 0. The smallest absolute Gasteiger partial charge is 0.287 e. The van der Waals surface area contributed by atoms with E-state index in [0.717, 1.165) is 6.08 Å². The molecular weight excluding hydrogens is 298 g/mol. The fraction of sp³-hybridized carbons (Fsp3) is 0.444. The van der Waals surface area contributed by atoms with E-state index >= 15 is 0 Å². The highest BCUT2D eigenvalue weighted by Crippen LogP contribution is 2.07. The van der Waals surface area contributed by atoms with Crippen LogP contribution in [0.1, 0.15) is 13.8 Å². The molecule has 0 aromatic heterocycles. The van der Waals surface area contributed by atoms with Crippen LogP contribution in [0.4, 0.5) is 0 Å². The van der Waals surface area contributed by atoms with Gasteiger partial charge in [-0.1, -0.05) is 27.0 Å². The monoisotopic (exact) mass is 315 g/mol. The first-order valence-electron chi connectivity index (χ1n) is 4.84. The van der Waals surface area contributed by atoms with Gasteiger partial charge in [0, 0.05) is 0 Å². The zero-order chi connectivity index (χ0) is 15.9. The lowest BCUT2D eigenvalue weighted by Gasteiger charge is -2.17. The molecule has 1 atom stereocenters. The molecule has 0 aliphatic heterocycles. The van der Waals surface area contributed by atoms with E-state index in [1.54, 1.807) is 13.8 Å². The normalized spacial score (nSPS) is 12.9. The average molecular weight is 315 g/mol. The van der Waals surface area contributed by atoms with Crippen molar-refractivity contribution in [1.82, 2.24) is 5.32 Å². The van der Waals surface area contributed by atoms with Crippen molar-refractivity contribution in [3.8, 4) is 0 Å². The first-order valence-corrected chi connectivity index (χ1v) is 7.85. The van der Waals surface area contributed by atoms with E-state index in [1.165, 1.54) is 0 Å². The van der Waals surface area contributed by atoms with Gasteiger partial charge >= 0.3 is 0 Å². The van der Waals surface area contributed by atoms with Crippen molar-refractivity contribution in [2.24, 2.45) is 5.92 Å². The van der Waals surface area contributed by atoms with Crippen LogP contribution < -0.4 is 5.32 Å². The molecule has 3 N–H and O–H groups in total. The van der Waals surface area contributed by atoms with Crippen LogP contribution in [0.2, 0.25) is 0 Å². The van der Waals surface area contributed by atoms with E-state index < -0.39 is 37.4 Å². The molecule has 10 heteroatoms. The van der Waals surface area contributed by atoms with Gasteiger partial charge in [-0.3, -0.25) is 13.9 Å². The topological polar surface area (TPSA) is 138 Å². The number of rotatable bonds is 5.